The first-order valence-electron chi connectivity index (χ1n) is 8.25. The molecule has 0 atom stereocenters. The summed E-state index contributed by atoms with van der Waals surface area (Å²) in [5.74, 6) is -0.241. The van der Waals surface area contributed by atoms with E-state index in [4.69, 9.17) is 23.2 Å². The lowest BCUT2D eigenvalue weighted by Gasteiger charge is -2.29. The quantitative estimate of drug-likeness (QED) is 0.649. The van der Waals surface area contributed by atoms with Crippen LogP contribution in [-0.2, 0) is 20.0 Å². The number of hydrogen-bond donors (Lipinski definition) is 1. The fourth-order valence-electron chi connectivity index (χ4n) is 3.18. The van der Waals surface area contributed by atoms with Crippen LogP contribution in [0.4, 0.5) is 11.4 Å². The maximum atomic E-state index is 12.4. The number of anilines is 2. The predicted molar refractivity (Wildman–Crippen MR) is 109 cm³/mol. The largest absolute Gasteiger partial charge is 0.367 e. The van der Waals surface area contributed by atoms with Crippen LogP contribution in [0.2, 0.25) is 10.2 Å². The van der Waals surface area contributed by atoms with E-state index >= 15 is 0 Å². The average molecular weight is 406 g/mol. The van der Waals surface area contributed by atoms with E-state index in [9.17, 15) is 4.79 Å². The van der Waals surface area contributed by atoms with Gasteiger partial charge >= 0.3 is 0 Å². The molecule has 3 aromatic rings. The number of carbonyl (C=O) groups is 1. The number of rotatable bonds is 3. The van der Waals surface area contributed by atoms with Gasteiger partial charge in [-0.15, -0.1) is 11.3 Å². The Hall–Kier alpha value is -1.95. The molecule has 3 heterocycles. The SMILES string of the molecule is Cn1c(C(=O)Nc2ccc(N3CCc4sccc4C3)cc2)cc(Cl)c1Cl. The zero-order valence-electron chi connectivity index (χ0n) is 14.1. The van der Waals surface area contributed by atoms with Crippen molar-refractivity contribution in [1.29, 1.82) is 0 Å². The van der Waals surface area contributed by atoms with Gasteiger partial charge in [0, 0.05) is 36.4 Å². The first kappa shape index (κ1) is 17.5. The number of carbonyl (C=O) groups excluding carboxylic acids is 1. The van der Waals surface area contributed by atoms with E-state index in [1.54, 1.807) is 17.7 Å². The lowest BCUT2D eigenvalue weighted by Crippen LogP contribution is -2.29. The molecule has 2 aromatic heterocycles. The highest BCUT2D eigenvalue weighted by molar-refractivity contribution is 7.10. The summed E-state index contributed by atoms with van der Waals surface area (Å²) in [5, 5.41) is 5.77. The van der Waals surface area contributed by atoms with Gasteiger partial charge in [-0.25, -0.2) is 0 Å². The third-order valence-electron chi connectivity index (χ3n) is 4.65. The van der Waals surface area contributed by atoms with Gasteiger partial charge in [0.05, 0.1) is 5.02 Å². The number of halogens is 2. The van der Waals surface area contributed by atoms with Gasteiger partial charge < -0.3 is 14.8 Å². The molecule has 1 amide bonds. The van der Waals surface area contributed by atoms with Crippen molar-refractivity contribution in [3.63, 3.8) is 0 Å². The van der Waals surface area contributed by atoms with E-state index in [2.05, 4.69) is 21.7 Å². The van der Waals surface area contributed by atoms with Gasteiger partial charge in [0.2, 0.25) is 0 Å². The monoisotopic (exact) mass is 405 g/mol. The van der Waals surface area contributed by atoms with Crippen molar-refractivity contribution in [2.45, 2.75) is 13.0 Å². The number of amides is 1. The summed E-state index contributed by atoms with van der Waals surface area (Å²) < 4.78 is 1.57. The van der Waals surface area contributed by atoms with Gasteiger partial charge in [-0.3, -0.25) is 4.79 Å². The Kier molecular flexibility index (Phi) is 4.69. The third kappa shape index (κ3) is 3.22. The van der Waals surface area contributed by atoms with E-state index < -0.39 is 0 Å². The molecular formula is C19H17Cl2N3OS. The Morgan fingerprint density at radius 2 is 1.96 bits per heavy atom. The molecule has 0 spiro atoms. The maximum absolute atomic E-state index is 12.4. The van der Waals surface area contributed by atoms with Gasteiger partial charge in [-0.1, -0.05) is 23.2 Å². The highest BCUT2D eigenvalue weighted by Gasteiger charge is 2.18. The molecule has 1 aliphatic rings. The van der Waals surface area contributed by atoms with E-state index in [1.807, 2.05) is 35.6 Å². The molecule has 1 N–H and O–H groups in total. The predicted octanol–water partition coefficient (Wildman–Crippen LogP) is 5.21. The molecule has 7 heteroatoms. The minimum atomic E-state index is -0.241. The Morgan fingerprint density at radius 1 is 1.19 bits per heavy atom. The molecule has 134 valence electrons. The first-order chi connectivity index (χ1) is 12.5. The Labute approximate surface area is 166 Å². The molecule has 0 bridgehead atoms. The number of nitrogens with zero attached hydrogens (tertiary/aromatic N) is 2. The lowest BCUT2D eigenvalue weighted by atomic mass is 10.1. The molecule has 0 aliphatic carbocycles. The second-order valence-electron chi connectivity index (χ2n) is 6.27. The van der Waals surface area contributed by atoms with Crippen molar-refractivity contribution >= 4 is 51.8 Å². The Morgan fingerprint density at radius 3 is 2.65 bits per heavy atom. The second kappa shape index (κ2) is 6.99. The van der Waals surface area contributed by atoms with Crippen molar-refractivity contribution in [2.75, 3.05) is 16.8 Å². The number of hydrogen-bond acceptors (Lipinski definition) is 3. The number of fused-ring (bicyclic) bond motifs is 1. The fraction of sp³-hybridized carbons (Fsp3) is 0.211. The van der Waals surface area contributed by atoms with Crippen molar-refractivity contribution in [3.05, 3.63) is 68.1 Å². The second-order valence-corrected chi connectivity index (χ2v) is 8.03. The molecule has 1 aromatic carbocycles. The number of thiophene rings is 1. The molecule has 1 aliphatic heterocycles. The summed E-state index contributed by atoms with van der Waals surface area (Å²) in [7, 11) is 1.71. The van der Waals surface area contributed by atoms with Crippen molar-refractivity contribution in [1.82, 2.24) is 4.57 Å². The van der Waals surface area contributed by atoms with Gasteiger partial charge in [0.25, 0.3) is 5.91 Å². The third-order valence-corrected chi connectivity index (χ3v) is 6.51. The van der Waals surface area contributed by atoms with Crippen LogP contribution in [0.3, 0.4) is 0 Å². The van der Waals surface area contributed by atoms with Crippen LogP contribution >= 0.6 is 34.5 Å². The lowest BCUT2D eigenvalue weighted by molar-refractivity contribution is 0.101. The van der Waals surface area contributed by atoms with E-state index in [0.29, 0.717) is 15.9 Å². The topological polar surface area (TPSA) is 37.3 Å². The van der Waals surface area contributed by atoms with E-state index in [1.165, 1.54) is 10.4 Å². The minimum Gasteiger partial charge on any atom is -0.367 e. The highest BCUT2D eigenvalue weighted by atomic mass is 35.5. The molecule has 4 nitrogen and oxygen atoms in total. The molecule has 0 unspecified atom stereocenters. The van der Waals surface area contributed by atoms with Crippen LogP contribution in [0.25, 0.3) is 0 Å². The molecule has 0 saturated heterocycles. The summed E-state index contributed by atoms with van der Waals surface area (Å²) in [6.45, 7) is 1.95. The number of benzene rings is 1. The minimum absolute atomic E-state index is 0.241. The Bertz CT molecular complexity index is 962. The van der Waals surface area contributed by atoms with Crippen LogP contribution in [0.15, 0.2) is 41.8 Å². The first-order valence-corrected chi connectivity index (χ1v) is 9.89. The smallest absolute Gasteiger partial charge is 0.272 e. The number of nitrogens with one attached hydrogen (secondary N) is 1. The summed E-state index contributed by atoms with van der Waals surface area (Å²) >= 11 is 13.8. The summed E-state index contributed by atoms with van der Waals surface area (Å²) in [5.41, 5.74) is 3.73. The molecule has 0 radical (unpaired) electrons. The van der Waals surface area contributed by atoms with Crippen LogP contribution < -0.4 is 10.2 Å². The Balaban J connectivity index is 1.46. The zero-order valence-corrected chi connectivity index (χ0v) is 16.5. The van der Waals surface area contributed by atoms with Gasteiger partial charge in [-0.05, 0) is 53.8 Å². The molecule has 0 fully saturated rings. The van der Waals surface area contributed by atoms with Crippen molar-refractivity contribution in [2.24, 2.45) is 7.05 Å². The van der Waals surface area contributed by atoms with Crippen molar-refractivity contribution < 1.29 is 4.79 Å². The fourth-order valence-corrected chi connectivity index (χ4v) is 4.45. The highest BCUT2D eigenvalue weighted by Crippen LogP contribution is 2.29. The number of aromatic nitrogens is 1. The van der Waals surface area contributed by atoms with Crippen LogP contribution in [0.1, 0.15) is 20.9 Å². The van der Waals surface area contributed by atoms with Crippen LogP contribution in [0, 0.1) is 0 Å². The van der Waals surface area contributed by atoms with Crippen LogP contribution in [0.5, 0.6) is 0 Å². The van der Waals surface area contributed by atoms with E-state index in [-0.39, 0.29) is 5.91 Å². The van der Waals surface area contributed by atoms with Crippen molar-refractivity contribution in [3.8, 4) is 0 Å². The summed E-state index contributed by atoms with van der Waals surface area (Å²) in [6, 6.07) is 11.7. The average Bonchev–Trinajstić information content (AvgIpc) is 3.22. The zero-order chi connectivity index (χ0) is 18.3. The maximum Gasteiger partial charge on any atom is 0.272 e. The van der Waals surface area contributed by atoms with Gasteiger partial charge in [0.1, 0.15) is 10.8 Å². The van der Waals surface area contributed by atoms with Gasteiger partial charge in [0.15, 0.2) is 0 Å². The standard InChI is InChI=1S/C19H17Cl2N3OS/c1-23-16(10-15(20)18(23)21)19(25)22-13-2-4-14(5-3-13)24-8-6-17-12(11-24)7-9-26-17/h2-5,7,9-10H,6,8,11H2,1H3,(H,22,25). The summed E-state index contributed by atoms with van der Waals surface area (Å²) in [4.78, 5) is 16.3. The summed E-state index contributed by atoms with van der Waals surface area (Å²) in [6.07, 6.45) is 1.08. The molecular weight excluding hydrogens is 389 g/mol. The molecule has 4 rings (SSSR count). The molecule has 26 heavy (non-hydrogen) atoms. The molecule has 0 saturated carbocycles. The van der Waals surface area contributed by atoms with Crippen LogP contribution in [-0.4, -0.2) is 17.0 Å². The van der Waals surface area contributed by atoms with Gasteiger partial charge in [-0.2, -0.15) is 0 Å². The van der Waals surface area contributed by atoms with E-state index in [0.717, 1.165) is 30.9 Å². The normalized spacial score (nSPS) is 13.6.